The number of carbonyl (C=O) groups excluding carboxylic acids is 2. The van der Waals surface area contributed by atoms with Gasteiger partial charge in [0.15, 0.2) is 6.61 Å². The van der Waals surface area contributed by atoms with Gasteiger partial charge in [-0.15, -0.1) is 0 Å². The van der Waals surface area contributed by atoms with Crippen LogP contribution in [0.3, 0.4) is 0 Å². The molecule has 4 rings (SSSR count). The summed E-state index contributed by atoms with van der Waals surface area (Å²) in [4.78, 5) is 34.3. The first-order chi connectivity index (χ1) is 15.9. The van der Waals surface area contributed by atoms with Crippen molar-refractivity contribution in [2.24, 2.45) is 17.8 Å². The van der Waals surface area contributed by atoms with Gasteiger partial charge in [-0.25, -0.2) is 14.6 Å². The van der Waals surface area contributed by atoms with Crippen LogP contribution in [0.2, 0.25) is 0 Å². The number of esters is 2. The number of fused-ring (bicyclic) bond motifs is 1. The molecule has 1 fully saturated rings. The number of nitrogens with zero attached hydrogens (tertiary/aromatic N) is 2. The summed E-state index contributed by atoms with van der Waals surface area (Å²) < 4.78 is 11.2. The summed E-state index contributed by atoms with van der Waals surface area (Å²) in [5, 5.41) is 0.676. The lowest BCUT2D eigenvalue weighted by atomic mass is 9.75. The Morgan fingerprint density at radius 1 is 1.09 bits per heavy atom. The molecule has 0 spiro atoms. The zero-order chi connectivity index (χ0) is 23.4. The molecule has 0 N–H and O–H groups in total. The lowest BCUT2D eigenvalue weighted by Crippen LogP contribution is -2.36. The first kappa shape index (κ1) is 22.9. The van der Waals surface area contributed by atoms with Crippen molar-refractivity contribution >= 4 is 22.8 Å². The Labute approximate surface area is 194 Å². The highest BCUT2D eigenvalue weighted by molar-refractivity contribution is 6.05. The maximum Gasteiger partial charge on any atom is 0.344 e. The van der Waals surface area contributed by atoms with Crippen LogP contribution in [0.15, 0.2) is 54.9 Å². The minimum absolute atomic E-state index is 0.125. The van der Waals surface area contributed by atoms with Crippen LogP contribution in [0.25, 0.3) is 22.2 Å². The highest BCUT2D eigenvalue weighted by Gasteiger charge is 2.33. The molecular formula is C27H30N2O4. The van der Waals surface area contributed by atoms with Crippen LogP contribution in [0, 0.1) is 17.8 Å². The van der Waals surface area contributed by atoms with Crippen molar-refractivity contribution in [1.29, 1.82) is 0 Å². The van der Waals surface area contributed by atoms with Crippen molar-refractivity contribution in [2.75, 3.05) is 6.61 Å². The summed E-state index contributed by atoms with van der Waals surface area (Å²) in [6, 6.07) is 12.8. The first-order valence-corrected chi connectivity index (χ1v) is 11.6. The summed E-state index contributed by atoms with van der Waals surface area (Å²) in [6.07, 6.45) is 6.29. The minimum atomic E-state index is -0.571. The Balaban J connectivity index is 1.49. The van der Waals surface area contributed by atoms with Crippen LogP contribution < -0.4 is 0 Å². The number of para-hydroxylation sites is 1. The number of benzene rings is 1. The molecule has 33 heavy (non-hydrogen) atoms. The number of hydrogen-bond donors (Lipinski definition) is 0. The topological polar surface area (TPSA) is 78.4 Å². The zero-order valence-corrected chi connectivity index (χ0v) is 19.4. The van der Waals surface area contributed by atoms with E-state index in [1.165, 1.54) is 0 Å². The molecular weight excluding hydrogens is 416 g/mol. The van der Waals surface area contributed by atoms with Crippen molar-refractivity contribution < 1.29 is 19.1 Å². The second-order valence-corrected chi connectivity index (χ2v) is 9.24. The summed E-state index contributed by atoms with van der Waals surface area (Å²) in [6.45, 7) is 6.11. The number of aromatic nitrogens is 2. The van der Waals surface area contributed by atoms with Crippen molar-refractivity contribution in [3.05, 3.63) is 60.4 Å². The molecule has 0 bridgehead atoms. The number of rotatable bonds is 6. The van der Waals surface area contributed by atoms with Crippen molar-refractivity contribution in [3.8, 4) is 11.3 Å². The van der Waals surface area contributed by atoms with Crippen LogP contribution in [0.4, 0.5) is 0 Å². The molecule has 3 aromatic rings. The van der Waals surface area contributed by atoms with Gasteiger partial charge in [0.05, 0.1) is 16.8 Å². The van der Waals surface area contributed by atoms with E-state index in [-0.39, 0.29) is 6.10 Å². The molecule has 0 radical (unpaired) electrons. The first-order valence-electron chi connectivity index (χ1n) is 11.6. The predicted octanol–water partition coefficient (Wildman–Crippen LogP) is 5.46. The predicted molar refractivity (Wildman–Crippen MR) is 126 cm³/mol. The third-order valence-corrected chi connectivity index (χ3v) is 6.48. The van der Waals surface area contributed by atoms with Gasteiger partial charge in [-0.1, -0.05) is 45.4 Å². The molecule has 0 saturated heterocycles. The second-order valence-electron chi connectivity index (χ2n) is 9.24. The fourth-order valence-electron chi connectivity index (χ4n) is 4.67. The third-order valence-electron chi connectivity index (χ3n) is 6.48. The van der Waals surface area contributed by atoms with Crippen molar-refractivity contribution in [3.63, 3.8) is 0 Å². The number of ether oxygens (including phenoxy) is 2. The van der Waals surface area contributed by atoms with Gasteiger partial charge in [-0.2, -0.15) is 0 Å². The van der Waals surface area contributed by atoms with Gasteiger partial charge in [0.25, 0.3) is 0 Å². The SMILES string of the molecule is CC1CCC(C(C)C)C(OC(=O)COC(=O)c2cc(-c3ccncc3)nc3ccccc23)C1. The summed E-state index contributed by atoms with van der Waals surface area (Å²) in [7, 11) is 0. The van der Waals surface area contributed by atoms with Gasteiger partial charge in [-0.05, 0) is 54.9 Å². The van der Waals surface area contributed by atoms with Crippen LogP contribution in [-0.4, -0.2) is 34.6 Å². The monoisotopic (exact) mass is 446 g/mol. The molecule has 2 heterocycles. The molecule has 1 saturated carbocycles. The molecule has 1 aliphatic carbocycles. The van der Waals surface area contributed by atoms with E-state index < -0.39 is 18.5 Å². The van der Waals surface area contributed by atoms with Gasteiger partial charge in [0.1, 0.15) is 6.10 Å². The van der Waals surface area contributed by atoms with Crippen LogP contribution in [0.1, 0.15) is 50.4 Å². The molecule has 3 unspecified atom stereocenters. The molecule has 3 atom stereocenters. The van der Waals surface area contributed by atoms with Crippen LogP contribution in [-0.2, 0) is 14.3 Å². The average Bonchev–Trinajstić information content (AvgIpc) is 2.82. The standard InChI is InChI=1S/C27H30N2O4/c1-17(2)20-9-8-18(3)14-25(20)33-26(30)16-32-27(31)22-15-24(19-10-12-28-13-11-19)29-23-7-5-4-6-21(22)23/h4-7,10-13,15,17-18,20,25H,8-9,14,16H2,1-3H3. The van der Waals surface area contributed by atoms with Gasteiger partial charge >= 0.3 is 11.9 Å². The normalized spacial score (nSPS) is 20.5. The lowest BCUT2D eigenvalue weighted by Gasteiger charge is -2.36. The van der Waals surface area contributed by atoms with E-state index in [4.69, 9.17) is 9.47 Å². The number of carbonyl (C=O) groups is 2. The van der Waals surface area contributed by atoms with E-state index in [2.05, 4.69) is 30.7 Å². The Kier molecular flexibility index (Phi) is 7.02. The van der Waals surface area contributed by atoms with E-state index in [0.29, 0.717) is 39.9 Å². The lowest BCUT2D eigenvalue weighted by molar-refractivity contribution is -0.159. The van der Waals surface area contributed by atoms with Crippen LogP contribution >= 0.6 is 0 Å². The molecule has 2 aromatic heterocycles. The Morgan fingerprint density at radius 2 is 1.85 bits per heavy atom. The van der Waals surface area contributed by atoms with E-state index in [9.17, 15) is 9.59 Å². The highest BCUT2D eigenvalue weighted by Crippen LogP contribution is 2.35. The quantitative estimate of drug-likeness (QED) is 0.468. The van der Waals surface area contributed by atoms with E-state index in [0.717, 1.165) is 24.8 Å². The summed E-state index contributed by atoms with van der Waals surface area (Å²) in [5.74, 6) is 0.231. The molecule has 0 amide bonds. The zero-order valence-electron chi connectivity index (χ0n) is 19.4. The maximum absolute atomic E-state index is 13.0. The number of hydrogen-bond acceptors (Lipinski definition) is 6. The third kappa shape index (κ3) is 5.38. The Bertz CT molecular complexity index is 1130. The van der Waals surface area contributed by atoms with E-state index in [1.54, 1.807) is 18.5 Å². The molecule has 172 valence electrons. The van der Waals surface area contributed by atoms with Crippen molar-refractivity contribution in [1.82, 2.24) is 9.97 Å². The molecule has 6 heteroatoms. The summed E-state index contributed by atoms with van der Waals surface area (Å²) in [5.41, 5.74) is 2.53. The molecule has 0 aliphatic heterocycles. The van der Waals surface area contributed by atoms with E-state index in [1.807, 2.05) is 36.4 Å². The minimum Gasteiger partial charge on any atom is -0.460 e. The fourth-order valence-corrected chi connectivity index (χ4v) is 4.67. The molecule has 1 aromatic carbocycles. The largest absolute Gasteiger partial charge is 0.460 e. The highest BCUT2D eigenvalue weighted by atomic mass is 16.6. The Hall–Kier alpha value is -3.28. The van der Waals surface area contributed by atoms with Gasteiger partial charge in [0.2, 0.25) is 0 Å². The van der Waals surface area contributed by atoms with Gasteiger partial charge < -0.3 is 9.47 Å². The van der Waals surface area contributed by atoms with Gasteiger partial charge in [0, 0.05) is 23.3 Å². The smallest absolute Gasteiger partial charge is 0.344 e. The number of pyridine rings is 2. The van der Waals surface area contributed by atoms with Crippen molar-refractivity contribution in [2.45, 2.75) is 46.1 Å². The molecule has 1 aliphatic rings. The summed E-state index contributed by atoms with van der Waals surface area (Å²) >= 11 is 0. The maximum atomic E-state index is 13.0. The van der Waals surface area contributed by atoms with E-state index >= 15 is 0 Å². The molecule has 6 nitrogen and oxygen atoms in total. The average molecular weight is 447 g/mol. The second kappa shape index (κ2) is 10.1. The van der Waals surface area contributed by atoms with Crippen LogP contribution in [0.5, 0.6) is 0 Å². The van der Waals surface area contributed by atoms with Gasteiger partial charge in [-0.3, -0.25) is 4.98 Å². The Morgan fingerprint density at radius 3 is 2.61 bits per heavy atom. The fraction of sp³-hybridized carbons (Fsp3) is 0.407.